The van der Waals surface area contributed by atoms with Crippen LogP contribution in [0.3, 0.4) is 0 Å². The molecule has 6 heteroatoms. The Morgan fingerprint density at radius 1 is 1.08 bits per heavy atom. The third-order valence-electron chi connectivity index (χ3n) is 3.39. The molecule has 3 rings (SSSR count). The summed E-state index contributed by atoms with van der Waals surface area (Å²) >= 11 is 1.27. The van der Waals surface area contributed by atoms with Crippen molar-refractivity contribution < 1.29 is 14.3 Å². The number of carbonyl (C=O) groups is 2. The summed E-state index contributed by atoms with van der Waals surface area (Å²) in [6.07, 6.45) is 0.0472. The minimum atomic E-state index is -0.393. The van der Waals surface area contributed by atoms with E-state index >= 15 is 0 Å². The Labute approximate surface area is 149 Å². The first-order valence-electron chi connectivity index (χ1n) is 7.68. The van der Waals surface area contributed by atoms with Crippen LogP contribution in [0, 0.1) is 6.92 Å². The monoisotopic (exact) mass is 352 g/mol. The first kappa shape index (κ1) is 16.9. The third-order valence-corrected chi connectivity index (χ3v) is 4.19. The van der Waals surface area contributed by atoms with E-state index in [9.17, 15) is 9.59 Å². The van der Waals surface area contributed by atoms with Crippen molar-refractivity contribution in [1.29, 1.82) is 0 Å². The summed E-state index contributed by atoms with van der Waals surface area (Å²) in [6.45, 7) is 1.96. The van der Waals surface area contributed by atoms with Crippen LogP contribution in [0.25, 0.3) is 0 Å². The zero-order valence-corrected chi connectivity index (χ0v) is 14.4. The lowest BCUT2D eigenvalue weighted by molar-refractivity contribution is -0.133. The number of esters is 1. The van der Waals surface area contributed by atoms with Gasteiger partial charge in [-0.2, -0.15) is 0 Å². The predicted molar refractivity (Wildman–Crippen MR) is 97.0 cm³/mol. The number of benzene rings is 2. The van der Waals surface area contributed by atoms with Crippen molar-refractivity contribution in [2.75, 3.05) is 5.32 Å². The molecule has 0 bridgehead atoms. The Kier molecular flexibility index (Phi) is 5.20. The van der Waals surface area contributed by atoms with Crippen molar-refractivity contribution in [2.45, 2.75) is 13.3 Å². The summed E-state index contributed by atoms with van der Waals surface area (Å²) in [5.41, 5.74) is 2.21. The van der Waals surface area contributed by atoms with Gasteiger partial charge < -0.3 is 4.74 Å². The van der Waals surface area contributed by atoms with Crippen LogP contribution < -0.4 is 10.1 Å². The van der Waals surface area contributed by atoms with Crippen LogP contribution in [0.15, 0.2) is 60.0 Å². The lowest BCUT2D eigenvalue weighted by atomic mass is 10.2. The van der Waals surface area contributed by atoms with E-state index < -0.39 is 5.97 Å². The minimum Gasteiger partial charge on any atom is -0.426 e. The molecule has 126 valence electrons. The second-order valence-electron chi connectivity index (χ2n) is 5.43. The van der Waals surface area contributed by atoms with Gasteiger partial charge in [-0.05, 0) is 31.2 Å². The molecule has 2 aromatic carbocycles. The Morgan fingerprint density at radius 2 is 1.80 bits per heavy atom. The highest BCUT2D eigenvalue weighted by molar-refractivity contribution is 7.14. The van der Waals surface area contributed by atoms with Crippen molar-refractivity contribution in [1.82, 2.24) is 4.98 Å². The van der Waals surface area contributed by atoms with Crippen LogP contribution in [0.1, 0.15) is 21.6 Å². The second-order valence-corrected chi connectivity index (χ2v) is 6.29. The molecule has 0 radical (unpaired) electrons. The number of hydrogen-bond donors (Lipinski definition) is 1. The Balaban J connectivity index is 1.57. The number of anilines is 1. The minimum absolute atomic E-state index is 0.0472. The molecule has 0 saturated carbocycles. The van der Waals surface area contributed by atoms with Crippen molar-refractivity contribution in [3.8, 4) is 5.75 Å². The zero-order valence-electron chi connectivity index (χ0n) is 13.6. The largest absolute Gasteiger partial charge is 0.426 e. The van der Waals surface area contributed by atoms with E-state index in [1.807, 2.05) is 25.1 Å². The van der Waals surface area contributed by atoms with Crippen LogP contribution in [0.4, 0.5) is 5.13 Å². The van der Waals surface area contributed by atoms with Crippen LogP contribution >= 0.6 is 11.3 Å². The van der Waals surface area contributed by atoms with E-state index in [1.165, 1.54) is 11.3 Å². The normalized spacial score (nSPS) is 10.3. The predicted octanol–water partition coefficient (Wildman–Crippen LogP) is 3.85. The topological polar surface area (TPSA) is 68.3 Å². The molecule has 0 fully saturated rings. The lowest BCUT2D eigenvalue weighted by Gasteiger charge is -2.03. The van der Waals surface area contributed by atoms with Crippen LogP contribution in [0.5, 0.6) is 5.75 Å². The molecule has 5 nitrogen and oxygen atoms in total. The van der Waals surface area contributed by atoms with Gasteiger partial charge >= 0.3 is 5.97 Å². The maximum atomic E-state index is 12.1. The molecule has 0 aliphatic rings. The number of ether oxygens (including phenoxy) is 1. The van der Waals surface area contributed by atoms with Gasteiger partial charge in [0.1, 0.15) is 5.75 Å². The molecule has 3 aromatic rings. The number of thiazole rings is 1. The first-order valence-corrected chi connectivity index (χ1v) is 8.56. The fraction of sp³-hybridized carbons (Fsp3) is 0.105. The molecule has 0 unspecified atom stereocenters. The fourth-order valence-corrected chi connectivity index (χ4v) is 2.83. The zero-order chi connectivity index (χ0) is 17.6. The average Bonchev–Trinajstić information content (AvgIpc) is 3.04. The highest BCUT2D eigenvalue weighted by Gasteiger charge is 2.12. The van der Waals surface area contributed by atoms with Crippen molar-refractivity contribution in [3.63, 3.8) is 0 Å². The summed E-state index contributed by atoms with van der Waals surface area (Å²) in [7, 11) is 0. The number of nitrogens with zero attached hydrogens (tertiary/aromatic N) is 1. The summed E-state index contributed by atoms with van der Waals surface area (Å²) < 4.78 is 5.27. The van der Waals surface area contributed by atoms with E-state index in [-0.39, 0.29) is 12.3 Å². The quantitative estimate of drug-likeness (QED) is 0.559. The molecular formula is C19H16N2O3S. The van der Waals surface area contributed by atoms with Gasteiger partial charge in [0.25, 0.3) is 5.91 Å². The fourth-order valence-electron chi connectivity index (χ4n) is 2.13. The van der Waals surface area contributed by atoms with Crippen LogP contribution in [-0.4, -0.2) is 16.9 Å². The SMILES string of the molecule is Cc1ccc(OC(=O)Cc2csc(NC(=O)c3ccccc3)n2)cc1. The standard InChI is InChI=1S/C19H16N2O3S/c1-13-7-9-16(10-8-13)24-17(22)11-15-12-25-19(20-15)21-18(23)14-5-3-2-4-6-14/h2-10,12H,11H2,1H3,(H,20,21,23). The van der Waals surface area contributed by atoms with Crippen molar-refractivity contribution in [2.24, 2.45) is 0 Å². The smallest absolute Gasteiger partial charge is 0.317 e. The maximum absolute atomic E-state index is 12.1. The Morgan fingerprint density at radius 3 is 2.52 bits per heavy atom. The lowest BCUT2D eigenvalue weighted by Crippen LogP contribution is -2.13. The first-order chi connectivity index (χ1) is 12.1. The van der Waals surface area contributed by atoms with Crippen molar-refractivity contribution in [3.05, 3.63) is 76.8 Å². The molecule has 0 spiro atoms. The van der Waals surface area contributed by atoms with Gasteiger partial charge in [-0.25, -0.2) is 4.98 Å². The molecule has 1 N–H and O–H groups in total. The molecule has 0 aliphatic heterocycles. The third kappa shape index (κ3) is 4.74. The molecule has 25 heavy (non-hydrogen) atoms. The number of rotatable bonds is 5. The molecule has 0 atom stereocenters. The number of aryl methyl sites for hydroxylation is 1. The molecule has 1 heterocycles. The number of nitrogens with one attached hydrogen (secondary N) is 1. The molecular weight excluding hydrogens is 336 g/mol. The number of hydrogen-bond acceptors (Lipinski definition) is 5. The van der Waals surface area contributed by atoms with E-state index in [2.05, 4.69) is 10.3 Å². The molecule has 1 aromatic heterocycles. The van der Waals surface area contributed by atoms with Crippen LogP contribution in [0.2, 0.25) is 0 Å². The summed E-state index contributed by atoms with van der Waals surface area (Å²) in [6, 6.07) is 16.1. The van der Waals surface area contributed by atoms with E-state index in [0.717, 1.165) is 5.56 Å². The van der Waals surface area contributed by atoms with Gasteiger partial charge in [0, 0.05) is 10.9 Å². The van der Waals surface area contributed by atoms with Gasteiger partial charge in [0.2, 0.25) is 0 Å². The number of aromatic nitrogens is 1. The van der Waals surface area contributed by atoms with Gasteiger partial charge in [-0.3, -0.25) is 14.9 Å². The summed E-state index contributed by atoms with van der Waals surface area (Å²) in [5.74, 6) is -0.123. The molecule has 1 amide bonds. The Hall–Kier alpha value is -2.99. The highest BCUT2D eigenvalue weighted by Crippen LogP contribution is 2.18. The summed E-state index contributed by atoms with van der Waals surface area (Å²) in [4.78, 5) is 28.3. The number of carbonyl (C=O) groups excluding carboxylic acids is 2. The van der Waals surface area contributed by atoms with E-state index in [1.54, 1.807) is 41.8 Å². The van der Waals surface area contributed by atoms with E-state index in [0.29, 0.717) is 22.1 Å². The average molecular weight is 352 g/mol. The highest BCUT2D eigenvalue weighted by atomic mass is 32.1. The second kappa shape index (κ2) is 7.72. The Bertz CT molecular complexity index is 873. The number of amides is 1. The van der Waals surface area contributed by atoms with Gasteiger partial charge in [0.05, 0.1) is 12.1 Å². The molecule has 0 aliphatic carbocycles. The van der Waals surface area contributed by atoms with Crippen molar-refractivity contribution >= 4 is 28.3 Å². The molecule has 0 saturated heterocycles. The van der Waals surface area contributed by atoms with Crippen LogP contribution in [-0.2, 0) is 11.2 Å². The van der Waals surface area contributed by atoms with Gasteiger partial charge in [0.15, 0.2) is 5.13 Å². The maximum Gasteiger partial charge on any atom is 0.317 e. The summed E-state index contributed by atoms with van der Waals surface area (Å²) in [5, 5.41) is 4.91. The van der Waals surface area contributed by atoms with Gasteiger partial charge in [-0.15, -0.1) is 11.3 Å². The van der Waals surface area contributed by atoms with E-state index in [4.69, 9.17) is 4.74 Å². The van der Waals surface area contributed by atoms with Gasteiger partial charge in [-0.1, -0.05) is 35.9 Å².